The Morgan fingerprint density at radius 3 is 2.21 bits per heavy atom. The molecule has 0 spiro atoms. The molecule has 1 heterocycles. The first-order valence-electron chi connectivity index (χ1n) is 12.0. The highest BCUT2D eigenvalue weighted by Crippen LogP contribution is 2.36. The summed E-state index contributed by atoms with van der Waals surface area (Å²) >= 11 is 0. The number of piperazine rings is 1. The Labute approximate surface area is 225 Å². The van der Waals surface area contributed by atoms with Gasteiger partial charge in [-0.1, -0.05) is 24.3 Å². The Morgan fingerprint density at radius 1 is 0.897 bits per heavy atom. The van der Waals surface area contributed by atoms with E-state index >= 15 is 0 Å². The number of ether oxygens (including phenoxy) is 2. The van der Waals surface area contributed by atoms with Crippen molar-refractivity contribution in [2.75, 3.05) is 56.1 Å². The third-order valence-electron chi connectivity index (χ3n) is 6.44. The predicted molar refractivity (Wildman–Crippen MR) is 141 cm³/mol. The monoisotopic (exact) mass is 563 g/mol. The van der Waals surface area contributed by atoms with Gasteiger partial charge in [0.1, 0.15) is 18.0 Å². The second-order valence-corrected chi connectivity index (χ2v) is 10.6. The molecule has 1 fully saturated rings. The number of methoxy groups -OCH3 is 2. The highest BCUT2D eigenvalue weighted by atomic mass is 32.2. The number of carbonyl (C=O) groups excluding carboxylic acids is 1. The van der Waals surface area contributed by atoms with Crippen molar-refractivity contribution in [2.24, 2.45) is 0 Å². The smallest absolute Gasteiger partial charge is 0.416 e. The van der Waals surface area contributed by atoms with Crippen LogP contribution < -0.4 is 18.7 Å². The van der Waals surface area contributed by atoms with E-state index in [0.717, 1.165) is 16.4 Å². The third kappa shape index (κ3) is 6.22. The van der Waals surface area contributed by atoms with Crippen LogP contribution >= 0.6 is 0 Å². The number of sulfonamides is 1. The molecule has 8 nitrogen and oxygen atoms in total. The minimum Gasteiger partial charge on any atom is -0.497 e. The first kappa shape index (κ1) is 28.1. The van der Waals surface area contributed by atoms with Crippen molar-refractivity contribution >= 4 is 27.3 Å². The molecule has 208 valence electrons. The summed E-state index contributed by atoms with van der Waals surface area (Å²) in [5.41, 5.74) is -0.167. The van der Waals surface area contributed by atoms with Gasteiger partial charge in [0, 0.05) is 37.9 Å². The van der Waals surface area contributed by atoms with Gasteiger partial charge in [0.15, 0.2) is 0 Å². The van der Waals surface area contributed by atoms with E-state index in [1.54, 1.807) is 35.2 Å². The summed E-state index contributed by atoms with van der Waals surface area (Å²) in [7, 11) is -1.31. The van der Waals surface area contributed by atoms with E-state index in [9.17, 15) is 26.4 Å². The molecular weight excluding hydrogens is 535 g/mol. The second-order valence-electron chi connectivity index (χ2n) is 8.78. The summed E-state index contributed by atoms with van der Waals surface area (Å²) in [6, 6.07) is 17.4. The molecule has 0 unspecified atom stereocenters. The topological polar surface area (TPSA) is 79.4 Å². The number of hydrogen-bond donors (Lipinski definition) is 0. The van der Waals surface area contributed by atoms with Crippen LogP contribution in [0.2, 0.25) is 0 Å². The molecule has 39 heavy (non-hydrogen) atoms. The van der Waals surface area contributed by atoms with Gasteiger partial charge in [0.25, 0.3) is 10.0 Å². The predicted octanol–water partition coefficient (Wildman–Crippen LogP) is 4.27. The van der Waals surface area contributed by atoms with Crippen LogP contribution in [0.25, 0.3) is 0 Å². The van der Waals surface area contributed by atoms with E-state index in [0.29, 0.717) is 24.5 Å². The Bertz CT molecular complexity index is 1410. The van der Waals surface area contributed by atoms with E-state index < -0.39 is 34.2 Å². The number of alkyl halides is 3. The molecule has 1 saturated heterocycles. The molecule has 0 aliphatic carbocycles. The molecule has 12 heteroatoms. The lowest BCUT2D eigenvalue weighted by atomic mass is 10.1. The van der Waals surface area contributed by atoms with Gasteiger partial charge in [-0.2, -0.15) is 13.2 Å². The summed E-state index contributed by atoms with van der Waals surface area (Å²) in [6.07, 6.45) is -4.45. The first-order chi connectivity index (χ1) is 18.5. The van der Waals surface area contributed by atoms with Gasteiger partial charge in [-0.25, -0.2) is 8.42 Å². The van der Waals surface area contributed by atoms with E-state index in [1.165, 1.54) is 49.5 Å². The number of hydrogen-bond acceptors (Lipinski definition) is 6. The molecule has 3 aromatic rings. The fraction of sp³-hybridized carbons (Fsp3) is 0.296. The maximum absolute atomic E-state index is 13.7. The molecule has 3 aromatic carbocycles. The van der Waals surface area contributed by atoms with Crippen LogP contribution in [0.1, 0.15) is 5.56 Å². The number of rotatable bonds is 8. The number of nitrogens with zero attached hydrogens (tertiary/aromatic N) is 3. The van der Waals surface area contributed by atoms with Crippen molar-refractivity contribution in [3.63, 3.8) is 0 Å². The average molecular weight is 564 g/mol. The van der Waals surface area contributed by atoms with E-state index in [4.69, 9.17) is 9.47 Å². The average Bonchev–Trinajstić information content (AvgIpc) is 2.95. The van der Waals surface area contributed by atoms with Gasteiger partial charge < -0.3 is 19.3 Å². The fourth-order valence-electron chi connectivity index (χ4n) is 4.33. The quantitative estimate of drug-likeness (QED) is 0.408. The van der Waals surface area contributed by atoms with Gasteiger partial charge in [-0.3, -0.25) is 9.10 Å². The van der Waals surface area contributed by atoms with Crippen LogP contribution in [0.5, 0.6) is 11.5 Å². The van der Waals surface area contributed by atoms with Gasteiger partial charge >= 0.3 is 6.18 Å². The minimum absolute atomic E-state index is 0.00466. The van der Waals surface area contributed by atoms with Crippen molar-refractivity contribution in [3.05, 3.63) is 78.4 Å². The van der Waals surface area contributed by atoms with Crippen molar-refractivity contribution in [3.8, 4) is 11.5 Å². The normalized spacial score (nSPS) is 14.2. The fourth-order valence-corrected chi connectivity index (χ4v) is 5.77. The van der Waals surface area contributed by atoms with Gasteiger partial charge in [-0.05, 0) is 42.5 Å². The zero-order valence-corrected chi connectivity index (χ0v) is 22.2. The molecular formula is C27H28F3N3O5S. The standard InChI is InChI=1S/C27H28F3N3O5S/c1-37-22-11-12-24(25(18-22)38-2)33(39(35,36)23-9-4-3-5-10-23)19-26(34)32-15-13-31(14-16-32)21-8-6-7-20(17-21)27(28,29)30/h3-12,17-18H,13-16,19H2,1-2H3. The molecule has 4 rings (SSSR count). The Balaban J connectivity index is 1.56. The summed E-state index contributed by atoms with van der Waals surface area (Å²) in [5, 5.41) is 0. The zero-order valence-electron chi connectivity index (χ0n) is 21.4. The van der Waals surface area contributed by atoms with Crippen LogP contribution in [0, 0.1) is 0 Å². The number of amides is 1. The zero-order chi connectivity index (χ0) is 28.2. The van der Waals surface area contributed by atoms with Gasteiger partial charge in [-0.15, -0.1) is 0 Å². The van der Waals surface area contributed by atoms with Crippen LogP contribution in [-0.2, 0) is 21.0 Å². The van der Waals surface area contributed by atoms with Crippen LogP contribution in [0.4, 0.5) is 24.5 Å². The number of carbonyl (C=O) groups is 1. The minimum atomic E-state index is -4.45. The largest absolute Gasteiger partial charge is 0.497 e. The lowest BCUT2D eigenvalue weighted by Crippen LogP contribution is -2.52. The molecule has 0 atom stereocenters. The van der Waals surface area contributed by atoms with Crippen LogP contribution in [0.3, 0.4) is 0 Å². The number of benzene rings is 3. The summed E-state index contributed by atoms with van der Waals surface area (Å²) < 4.78 is 78.4. The molecule has 0 aromatic heterocycles. The SMILES string of the molecule is COc1ccc(N(CC(=O)N2CCN(c3cccc(C(F)(F)F)c3)CC2)S(=O)(=O)c2ccccc2)c(OC)c1. The Kier molecular flexibility index (Phi) is 8.24. The molecule has 1 amide bonds. The second kappa shape index (κ2) is 11.4. The van der Waals surface area contributed by atoms with Crippen LogP contribution in [-0.4, -0.2) is 66.2 Å². The first-order valence-corrected chi connectivity index (χ1v) is 13.5. The van der Waals surface area contributed by atoms with Crippen molar-refractivity contribution < 1.29 is 35.9 Å². The van der Waals surface area contributed by atoms with E-state index in [1.807, 2.05) is 0 Å². The van der Waals surface area contributed by atoms with E-state index in [-0.39, 0.29) is 29.4 Å². The lowest BCUT2D eigenvalue weighted by molar-refractivity contribution is -0.137. The third-order valence-corrected chi connectivity index (χ3v) is 8.21. The number of halogens is 3. The maximum atomic E-state index is 13.7. The lowest BCUT2D eigenvalue weighted by Gasteiger charge is -2.37. The summed E-state index contributed by atoms with van der Waals surface area (Å²) in [4.78, 5) is 16.7. The Hall–Kier alpha value is -3.93. The molecule has 0 radical (unpaired) electrons. The molecule has 0 bridgehead atoms. The number of anilines is 2. The summed E-state index contributed by atoms with van der Waals surface area (Å²) in [5.74, 6) is 0.205. The molecule has 0 N–H and O–H groups in total. The van der Waals surface area contributed by atoms with Gasteiger partial charge in [0.2, 0.25) is 5.91 Å². The Morgan fingerprint density at radius 2 is 1.59 bits per heavy atom. The van der Waals surface area contributed by atoms with Crippen molar-refractivity contribution in [2.45, 2.75) is 11.1 Å². The highest BCUT2D eigenvalue weighted by Gasteiger charge is 2.33. The molecule has 1 aliphatic rings. The van der Waals surface area contributed by atoms with Gasteiger partial charge in [0.05, 0.1) is 30.4 Å². The molecule has 1 aliphatic heterocycles. The highest BCUT2D eigenvalue weighted by molar-refractivity contribution is 7.92. The van der Waals surface area contributed by atoms with Crippen molar-refractivity contribution in [1.82, 2.24) is 4.90 Å². The maximum Gasteiger partial charge on any atom is 0.416 e. The van der Waals surface area contributed by atoms with Crippen LogP contribution in [0.15, 0.2) is 77.7 Å². The van der Waals surface area contributed by atoms with Crippen molar-refractivity contribution in [1.29, 1.82) is 0 Å². The van der Waals surface area contributed by atoms with E-state index in [2.05, 4.69) is 0 Å². The molecule has 0 saturated carbocycles. The summed E-state index contributed by atoms with van der Waals surface area (Å²) in [6.45, 7) is 0.528.